The summed E-state index contributed by atoms with van der Waals surface area (Å²) in [5.74, 6) is 0.0259. The molecule has 1 aliphatic rings. The van der Waals surface area contributed by atoms with Crippen LogP contribution >= 0.6 is 0 Å². The Hall–Kier alpha value is -1.48. The minimum Gasteiger partial charge on any atom is -0.872 e. The molecule has 0 aliphatic carbocycles. The van der Waals surface area contributed by atoms with E-state index in [0.29, 0.717) is 37.3 Å². The molecule has 6 N–H and O–H groups in total. The SMILES string of the molecule is C1CNCCN1.NCCCN=Cc1ccccc1[O-].NCCCN=Cc1ccccc1[O-].[Cu+2].[Cu+2].[O-][Cl+3]([O-])([O-])[O-].[O-][Cl+3]([O-])([O-])[O-]. The molecule has 0 aromatic heterocycles. The van der Waals surface area contributed by atoms with Crippen LogP contribution in [0.4, 0.5) is 0 Å². The van der Waals surface area contributed by atoms with E-state index < -0.39 is 20.5 Å². The third-order valence-electron chi connectivity index (χ3n) is 4.24. The van der Waals surface area contributed by atoms with Gasteiger partial charge in [0.25, 0.3) is 0 Å². The second-order valence-electron chi connectivity index (χ2n) is 7.69. The zero-order valence-corrected chi connectivity index (χ0v) is 26.7. The molecule has 0 amide bonds. The molecule has 0 atom stereocenters. The average molecular weight is 767 g/mol. The van der Waals surface area contributed by atoms with Crippen molar-refractivity contribution in [1.82, 2.24) is 10.6 Å². The van der Waals surface area contributed by atoms with Crippen molar-refractivity contribution in [2.45, 2.75) is 12.8 Å². The fraction of sp³-hybridized carbons (Fsp3) is 0.417. The molecule has 20 heteroatoms. The van der Waals surface area contributed by atoms with E-state index in [-0.39, 0.29) is 45.6 Å². The van der Waals surface area contributed by atoms with Gasteiger partial charge in [0.15, 0.2) is 0 Å². The number of hydrogen-bond donors (Lipinski definition) is 4. The molecule has 258 valence electrons. The first-order valence-electron chi connectivity index (χ1n) is 12.3. The van der Waals surface area contributed by atoms with Crippen molar-refractivity contribution in [3.63, 3.8) is 0 Å². The van der Waals surface area contributed by atoms with E-state index in [4.69, 9.17) is 48.7 Å². The first-order chi connectivity index (χ1) is 19.7. The number of halogens is 2. The molecule has 2 aromatic carbocycles. The van der Waals surface area contributed by atoms with E-state index in [9.17, 15) is 10.2 Å². The number of piperazine rings is 1. The zero-order chi connectivity index (χ0) is 32.3. The van der Waals surface area contributed by atoms with Crippen LogP contribution in [0.25, 0.3) is 0 Å². The van der Waals surface area contributed by atoms with Crippen molar-refractivity contribution in [2.24, 2.45) is 21.5 Å². The summed E-state index contributed by atoms with van der Waals surface area (Å²) in [6, 6.07) is 13.7. The van der Waals surface area contributed by atoms with Crippen LogP contribution in [-0.4, -0.2) is 64.8 Å². The van der Waals surface area contributed by atoms with Gasteiger partial charge >= 0.3 is 34.1 Å². The Morgan fingerprint density at radius 1 is 0.591 bits per heavy atom. The molecule has 1 heterocycles. The van der Waals surface area contributed by atoms with Gasteiger partial charge in [0.05, 0.1) is 0 Å². The van der Waals surface area contributed by atoms with Crippen molar-refractivity contribution < 1.29 is 102 Å². The van der Waals surface area contributed by atoms with Gasteiger partial charge in [-0.05, 0) is 37.1 Å². The molecular formula is C24H36Cl2Cu2N6O10. The molecular weight excluding hydrogens is 730 g/mol. The monoisotopic (exact) mass is 764 g/mol. The number of para-hydroxylation sites is 2. The number of aliphatic imine (C=N–C) groups is 2. The normalized spacial score (nSPS) is 12.4. The van der Waals surface area contributed by atoms with Crippen molar-refractivity contribution >= 4 is 12.4 Å². The van der Waals surface area contributed by atoms with Crippen LogP contribution in [0, 0.1) is 20.5 Å². The second-order valence-corrected chi connectivity index (χ2v) is 9.20. The molecule has 0 spiro atoms. The summed E-state index contributed by atoms with van der Waals surface area (Å²) in [4.78, 5) is 8.17. The molecule has 44 heavy (non-hydrogen) atoms. The van der Waals surface area contributed by atoms with Crippen LogP contribution in [0.1, 0.15) is 24.0 Å². The predicted molar refractivity (Wildman–Crippen MR) is 130 cm³/mol. The van der Waals surface area contributed by atoms with Crippen LogP contribution in [0.5, 0.6) is 11.5 Å². The molecule has 0 bridgehead atoms. The van der Waals surface area contributed by atoms with E-state index in [1.54, 1.807) is 36.7 Å². The molecule has 0 saturated carbocycles. The Labute approximate surface area is 282 Å². The molecule has 1 saturated heterocycles. The fourth-order valence-corrected chi connectivity index (χ4v) is 2.47. The van der Waals surface area contributed by atoms with Gasteiger partial charge in [-0.3, -0.25) is 9.98 Å². The Kier molecular flexibility index (Phi) is 35.4. The summed E-state index contributed by atoms with van der Waals surface area (Å²) >= 11 is 0. The topological polar surface area (TPSA) is 331 Å². The van der Waals surface area contributed by atoms with Crippen molar-refractivity contribution in [3.05, 3.63) is 59.7 Å². The van der Waals surface area contributed by atoms with Gasteiger partial charge < -0.3 is 32.3 Å². The molecule has 3 rings (SSSR count). The van der Waals surface area contributed by atoms with Gasteiger partial charge in [-0.2, -0.15) is 0 Å². The predicted octanol–water partition coefficient (Wildman–Crippen LogP) is -9.28. The van der Waals surface area contributed by atoms with E-state index >= 15 is 0 Å². The van der Waals surface area contributed by atoms with Crippen LogP contribution in [-0.2, 0) is 34.1 Å². The maximum absolute atomic E-state index is 11.2. The van der Waals surface area contributed by atoms with Gasteiger partial charge in [0.2, 0.25) is 0 Å². The third-order valence-corrected chi connectivity index (χ3v) is 4.24. The number of benzene rings is 2. The van der Waals surface area contributed by atoms with Gasteiger partial charge in [-0.1, -0.05) is 48.5 Å². The summed E-state index contributed by atoms with van der Waals surface area (Å²) in [7, 11) is -9.89. The van der Waals surface area contributed by atoms with E-state index in [1.165, 1.54) is 12.1 Å². The van der Waals surface area contributed by atoms with Crippen molar-refractivity contribution in [2.75, 3.05) is 52.4 Å². The Balaban J connectivity index is -0.000000240. The quantitative estimate of drug-likeness (QED) is 0.110. The Morgan fingerprint density at radius 3 is 1.09 bits per heavy atom. The first kappa shape index (κ1) is 49.4. The summed E-state index contributed by atoms with van der Waals surface area (Å²) < 4.78 is 67.9. The molecule has 16 nitrogen and oxygen atoms in total. The second kappa shape index (κ2) is 31.5. The number of hydrogen-bond acceptors (Lipinski definition) is 16. The minimum atomic E-state index is -4.94. The van der Waals surface area contributed by atoms with E-state index in [1.807, 2.05) is 12.1 Å². The fourth-order valence-electron chi connectivity index (χ4n) is 2.47. The van der Waals surface area contributed by atoms with Crippen molar-refractivity contribution in [3.8, 4) is 11.5 Å². The molecule has 1 fully saturated rings. The minimum absolute atomic E-state index is 0. The number of rotatable bonds is 8. The van der Waals surface area contributed by atoms with Crippen molar-refractivity contribution in [1.29, 1.82) is 0 Å². The maximum Gasteiger partial charge on any atom is 2.00 e. The molecule has 2 radical (unpaired) electrons. The van der Waals surface area contributed by atoms with Gasteiger partial charge in [-0.25, -0.2) is 37.3 Å². The van der Waals surface area contributed by atoms with Crippen LogP contribution < -0.4 is 69.6 Å². The summed E-state index contributed by atoms with van der Waals surface area (Å²) in [5.41, 5.74) is 11.9. The largest absolute Gasteiger partial charge is 2.00 e. The van der Waals surface area contributed by atoms with Gasteiger partial charge in [0.1, 0.15) is 0 Å². The summed E-state index contributed by atoms with van der Waals surface area (Å²) in [6.07, 6.45) is 4.94. The number of nitrogens with two attached hydrogens (primary N) is 2. The van der Waals surface area contributed by atoms with Gasteiger partial charge in [0, 0.05) is 51.7 Å². The molecule has 1 aliphatic heterocycles. The third kappa shape index (κ3) is 42.7. The van der Waals surface area contributed by atoms with Crippen LogP contribution in [0.2, 0.25) is 0 Å². The average Bonchev–Trinajstić information content (AvgIpc) is 2.91. The smallest absolute Gasteiger partial charge is 0.872 e. The standard InChI is InChI=1S/2C10H14N2O.C4H10N2.2ClHO4.2Cu/c2*11-6-3-7-12-8-9-4-1-2-5-10(9)13;1-2-6-4-3-5-1;2*2-1(3,4)5;;/h2*1-2,4-5,8,13H,3,6-7,11H2;5-6H,1-4H2;2*(H,2,3,4,5);;/q;;;;;2*+2/p-4. The number of nitrogens with one attached hydrogen (secondary N) is 2. The Bertz CT molecular complexity index is 892. The molecule has 2 aromatic rings. The summed E-state index contributed by atoms with van der Waals surface area (Å²) in [5, 5.41) is 28.8. The van der Waals surface area contributed by atoms with Crippen LogP contribution in [0.3, 0.4) is 0 Å². The van der Waals surface area contributed by atoms with Crippen LogP contribution in [0.15, 0.2) is 58.5 Å². The van der Waals surface area contributed by atoms with Gasteiger partial charge in [-0.15, -0.1) is 32.0 Å². The zero-order valence-electron chi connectivity index (χ0n) is 23.3. The maximum atomic E-state index is 11.2. The van der Waals surface area contributed by atoms with E-state index in [2.05, 4.69) is 20.6 Å². The summed E-state index contributed by atoms with van der Waals surface area (Å²) in [6.45, 7) is 7.20. The Morgan fingerprint density at radius 2 is 0.864 bits per heavy atom. The first-order valence-corrected chi connectivity index (χ1v) is 14.7. The number of nitrogens with zero attached hydrogens (tertiary/aromatic N) is 2. The molecule has 0 unspecified atom stereocenters. The van der Waals surface area contributed by atoms with E-state index in [0.717, 1.165) is 39.0 Å².